The maximum absolute atomic E-state index is 13.1. The first-order valence-electron chi connectivity index (χ1n) is 8.23. The topological polar surface area (TPSA) is 113 Å². The van der Waals surface area contributed by atoms with E-state index in [9.17, 15) is 9.59 Å². The summed E-state index contributed by atoms with van der Waals surface area (Å²) in [5.74, 6) is -0.167. The first-order valence-corrected chi connectivity index (χ1v) is 8.61. The van der Waals surface area contributed by atoms with Crippen LogP contribution in [-0.4, -0.2) is 20.4 Å². The Morgan fingerprint density at radius 1 is 1.42 bits per heavy atom. The zero-order valence-electron chi connectivity index (χ0n) is 14.3. The van der Waals surface area contributed by atoms with Gasteiger partial charge in [-0.3, -0.25) is 14.2 Å². The number of rotatable bonds is 5. The second-order valence-corrected chi connectivity index (χ2v) is 6.41. The van der Waals surface area contributed by atoms with Gasteiger partial charge in [-0.15, -0.1) is 0 Å². The van der Waals surface area contributed by atoms with Crippen molar-refractivity contribution in [3.63, 3.8) is 0 Å². The molecule has 3 heterocycles. The minimum atomic E-state index is -0.816. The minimum absolute atomic E-state index is 0.138. The molecule has 26 heavy (non-hydrogen) atoms. The first kappa shape index (κ1) is 17.9. The average molecular weight is 373 g/mol. The van der Waals surface area contributed by atoms with Gasteiger partial charge in [0.05, 0.1) is 11.2 Å². The van der Waals surface area contributed by atoms with E-state index in [1.807, 2.05) is 19.9 Å². The van der Waals surface area contributed by atoms with Gasteiger partial charge < -0.3 is 10.6 Å². The Bertz CT molecular complexity index is 980. The molecule has 0 aliphatic carbocycles. The van der Waals surface area contributed by atoms with Crippen molar-refractivity contribution < 1.29 is 4.79 Å². The van der Waals surface area contributed by atoms with Crippen LogP contribution >= 0.6 is 11.6 Å². The van der Waals surface area contributed by atoms with Crippen LogP contribution in [0.15, 0.2) is 23.4 Å². The summed E-state index contributed by atoms with van der Waals surface area (Å²) < 4.78 is 1.43. The van der Waals surface area contributed by atoms with Crippen LogP contribution in [0.1, 0.15) is 49.2 Å². The van der Waals surface area contributed by atoms with Gasteiger partial charge in [0.1, 0.15) is 35.0 Å². The molecule has 8 nitrogen and oxygen atoms in total. The lowest BCUT2D eigenvalue weighted by molar-refractivity contribution is 0.0905. The molecule has 0 saturated carbocycles. The molecule has 2 aromatic rings. The molecule has 2 aromatic heterocycles. The molecule has 134 valence electrons. The molecule has 0 bridgehead atoms. The van der Waals surface area contributed by atoms with Gasteiger partial charge >= 0.3 is 0 Å². The molecule has 3 rings (SSSR count). The van der Waals surface area contributed by atoms with Gasteiger partial charge in [-0.05, 0) is 18.9 Å². The molecule has 0 spiro atoms. The van der Waals surface area contributed by atoms with Crippen molar-refractivity contribution in [3.05, 3.63) is 45.2 Å². The highest BCUT2D eigenvalue weighted by Crippen LogP contribution is 2.34. The predicted molar refractivity (Wildman–Crippen MR) is 96.4 cm³/mol. The summed E-state index contributed by atoms with van der Waals surface area (Å²) in [6.07, 6.45) is 4.53. The summed E-state index contributed by atoms with van der Waals surface area (Å²) in [6, 6.07) is 3.35. The number of fused-ring (bicyclic) bond motifs is 1. The van der Waals surface area contributed by atoms with Crippen LogP contribution in [0, 0.1) is 11.3 Å². The Balaban J connectivity index is 2.19. The van der Waals surface area contributed by atoms with Crippen LogP contribution in [0.25, 0.3) is 0 Å². The van der Waals surface area contributed by atoms with E-state index in [1.165, 1.54) is 23.2 Å². The molecular weight excluding hydrogens is 356 g/mol. The fourth-order valence-corrected chi connectivity index (χ4v) is 3.55. The third-order valence-electron chi connectivity index (χ3n) is 4.48. The zero-order valence-corrected chi connectivity index (χ0v) is 15.1. The van der Waals surface area contributed by atoms with Gasteiger partial charge in [0.15, 0.2) is 5.82 Å². The number of nitrogens with zero attached hydrogens (tertiary/aromatic N) is 4. The highest BCUT2D eigenvalue weighted by atomic mass is 35.5. The van der Waals surface area contributed by atoms with E-state index in [0.29, 0.717) is 12.8 Å². The van der Waals surface area contributed by atoms with Crippen molar-refractivity contribution >= 4 is 29.0 Å². The molecule has 0 saturated heterocycles. The van der Waals surface area contributed by atoms with Crippen LogP contribution < -0.4 is 16.2 Å². The molecule has 2 N–H and O–H groups in total. The SMILES string of the molecule is CCCC1(CC)NC(=O)c2c(Cl)cc(Nc3ncncc3C#N)c(=O)n21. The second kappa shape index (κ2) is 6.77. The monoisotopic (exact) mass is 372 g/mol. The lowest BCUT2D eigenvalue weighted by atomic mass is 10.0. The number of nitrogens with one attached hydrogen (secondary N) is 2. The van der Waals surface area contributed by atoms with Crippen molar-refractivity contribution in [1.29, 1.82) is 5.26 Å². The van der Waals surface area contributed by atoms with Crippen molar-refractivity contribution in [1.82, 2.24) is 19.9 Å². The highest BCUT2D eigenvalue weighted by Gasteiger charge is 2.43. The predicted octanol–water partition coefficient (Wildman–Crippen LogP) is 2.51. The molecule has 9 heteroatoms. The van der Waals surface area contributed by atoms with Gasteiger partial charge in [-0.1, -0.05) is 31.9 Å². The molecule has 1 aliphatic heterocycles. The number of halogens is 1. The number of hydrogen-bond acceptors (Lipinski definition) is 6. The zero-order chi connectivity index (χ0) is 18.9. The van der Waals surface area contributed by atoms with Crippen LogP contribution in [0.3, 0.4) is 0 Å². The molecule has 1 amide bonds. The maximum Gasteiger partial charge on any atom is 0.276 e. The number of anilines is 2. The van der Waals surface area contributed by atoms with E-state index in [0.717, 1.165) is 6.42 Å². The average Bonchev–Trinajstić information content (AvgIpc) is 2.93. The van der Waals surface area contributed by atoms with Crippen molar-refractivity contribution in [2.24, 2.45) is 0 Å². The fourth-order valence-electron chi connectivity index (χ4n) is 3.27. The van der Waals surface area contributed by atoms with Gasteiger partial charge in [-0.2, -0.15) is 5.26 Å². The summed E-state index contributed by atoms with van der Waals surface area (Å²) in [6.45, 7) is 3.89. The smallest absolute Gasteiger partial charge is 0.276 e. The van der Waals surface area contributed by atoms with Crippen LogP contribution in [0.5, 0.6) is 0 Å². The summed E-state index contributed by atoms with van der Waals surface area (Å²) in [7, 11) is 0. The van der Waals surface area contributed by atoms with Crippen LogP contribution in [0.2, 0.25) is 5.02 Å². The molecule has 0 aromatic carbocycles. The van der Waals surface area contributed by atoms with Crippen LogP contribution in [-0.2, 0) is 5.66 Å². The van der Waals surface area contributed by atoms with E-state index in [1.54, 1.807) is 0 Å². The largest absolute Gasteiger partial charge is 0.334 e. The van der Waals surface area contributed by atoms with E-state index in [-0.39, 0.29) is 33.7 Å². The number of nitriles is 1. The van der Waals surface area contributed by atoms with E-state index >= 15 is 0 Å². The maximum atomic E-state index is 13.1. The van der Waals surface area contributed by atoms with Crippen LogP contribution in [0.4, 0.5) is 11.5 Å². The van der Waals surface area contributed by atoms with Gasteiger partial charge in [0.25, 0.3) is 11.5 Å². The normalized spacial score (nSPS) is 18.2. The second-order valence-electron chi connectivity index (χ2n) is 6.01. The number of pyridine rings is 1. The van der Waals surface area contributed by atoms with Gasteiger partial charge in [0, 0.05) is 0 Å². The number of carbonyl (C=O) groups excluding carboxylic acids is 1. The standard InChI is InChI=1S/C17H17ClN6O2/c1-3-5-17(4-2)23-15(25)13-11(18)6-12(16(26)24(13)17)22-14-10(7-19)8-20-9-21-14/h6,8-9H,3-5H2,1-2H3,(H,23,25)(H,20,21,22). The quantitative estimate of drug-likeness (QED) is 0.833. The Labute approximate surface area is 154 Å². The molecule has 0 fully saturated rings. The Morgan fingerprint density at radius 3 is 2.85 bits per heavy atom. The lowest BCUT2D eigenvalue weighted by Crippen LogP contribution is -2.47. The summed E-state index contributed by atoms with van der Waals surface area (Å²) in [5.41, 5.74) is -0.734. The van der Waals surface area contributed by atoms with E-state index < -0.39 is 11.2 Å². The van der Waals surface area contributed by atoms with Gasteiger partial charge in [0.2, 0.25) is 0 Å². The molecular formula is C17H17ClN6O2. The number of carbonyl (C=O) groups is 1. The first-order chi connectivity index (χ1) is 12.5. The third kappa shape index (κ3) is 2.70. The van der Waals surface area contributed by atoms with Crippen molar-refractivity contribution in [3.8, 4) is 6.07 Å². The van der Waals surface area contributed by atoms with E-state index in [2.05, 4.69) is 20.6 Å². The van der Waals surface area contributed by atoms with Crippen molar-refractivity contribution in [2.75, 3.05) is 5.32 Å². The Morgan fingerprint density at radius 2 is 2.19 bits per heavy atom. The summed E-state index contributed by atoms with van der Waals surface area (Å²) in [4.78, 5) is 33.3. The van der Waals surface area contributed by atoms with Crippen molar-refractivity contribution in [2.45, 2.75) is 38.8 Å². The molecule has 1 unspecified atom stereocenters. The highest BCUT2D eigenvalue weighted by molar-refractivity contribution is 6.34. The molecule has 1 atom stereocenters. The fraction of sp³-hybridized carbons (Fsp3) is 0.353. The minimum Gasteiger partial charge on any atom is -0.334 e. The Kier molecular flexibility index (Phi) is 4.66. The number of hydrogen-bond donors (Lipinski definition) is 2. The van der Waals surface area contributed by atoms with Gasteiger partial charge in [-0.25, -0.2) is 9.97 Å². The Hall–Kier alpha value is -2.92. The van der Waals surface area contributed by atoms with E-state index in [4.69, 9.17) is 16.9 Å². The lowest BCUT2D eigenvalue weighted by Gasteiger charge is -2.30. The number of amides is 1. The summed E-state index contributed by atoms with van der Waals surface area (Å²) >= 11 is 6.31. The number of aromatic nitrogens is 3. The molecule has 1 aliphatic rings. The third-order valence-corrected chi connectivity index (χ3v) is 4.77. The summed E-state index contributed by atoms with van der Waals surface area (Å²) in [5, 5.41) is 15.1. The molecule has 0 radical (unpaired) electrons.